The lowest BCUT2D eigenvalue weighted by atomic mass is 9.97. The Labute approximate surface area is 106 Å². The highest BCUT2D eigenvalue weighted by Crippen LogP contribution is 2.39. The van der Waals surface area contributed by atoms with Crippen molar-refractivity contribution in [3.63, 3.8) is 0 Å². The molecule has 0 radical (unpaired) electrons. The molecule has 0 bridgehead atoms. The number of nitrogens with one attached hydrogen (secondary N) is 1. The van der Waals surface area contributed by atoms with Crippen LogP contribution < -0.4 is 5.32 Å². The van der Waals surface area contributed by atoms with Crippen molar-refractivity contribution in [2.24, 2.45) is 5.92 Å². The predicted molar refractivity (Wildman–Crippen MR) is 69.1 cm³/mol. The molecule has 2 N–H and O–H groups in total. The standard InChI is InChI=1S/C13H19NO2S/c1-9-3-6-11(17-9)7-12(16)14-13(2,8-15)10-4-5-10/h3,6,10,15H,4-5,7-8H2,1-2H3,(H,14,16). The second kappa shape index (κ2) is 4.78. The molecule has 4 heteroatoms. The van der Waals surface area contributed by atoms with Gasteiger partial charge in [-0.25, -0.2) is 0 Å². The molecule has 1 amide bonds. The van der Waals surface area contributed by atoms with Gasteiger partial charge in [-0.2, -0.15) is 0 Å². The molecule has 1 atom stereocenters. The number of aliphatic hydroxyl groups is 1. The lowest BCUT2D eigenvalue weighted by Gasteiger charge is -2.28. The van der Waals surface area contributed by atoms with Crippen molar-refractivity contribution in [1.82, 2.24) is 5.32 Å². The maximum Gasteiger partial charge on any atom is 0.225 e. The lowest BCUT2D eigenvalue weighted by Crippen LogP contribution is -2.51. The summed E-state index contributed by atoms with van der Waals surface area (Å²) in [6, 6.07) is 4.02. The highest BCUT2D eigenvalue weighted by molar-refractivity contribution is 7.12. The van der Waals surface area contributed by atoms with Crippen molar-refractivity contribution in [1.29, 1.82) is 0 Å². The van der Waals surface area contributed by atoms with Crippen LogP contribution in [-0.2, 0) is 11.2 Å². The average Bonchev–Trinajstić information content (AvgIpc) is 3.04. The zero-order valence-electron chi connectivity index (χ0n) is 10.3. The summed E-state index contributed by atoms with van der Waals surface area (Å²) >= 11 is 1.65. The number of thiophene rings is 1. The van der Waals surface area contributed by atoms with Gasteiger partial charge in [-0.15, -0.1) is 11.3 Å². The van der Waals surface area contributed by atoms with E-state index in [4.69, 9.17) is 0 Å². The number of aryl methyl sites for hydroxylation is 1. The van der Waals surface area contributed by atoms with Gasteiger partial charge >= 0.3 is 0 Å². The molecular formula is C13H19NO2S. The van der Waals surface area contributed by atoms with E-state index in [1.165, 1.54) is 4.88 Å². The Morgan fingerprint density at radius 3 is 2.76 bits per heavy atom. The van der Waals surface area contributed by atoms with Crippen LogP contribution in [-0.4, -0.2) is 23.2 Å². The van der Waals surface area contributed by atoms with Gasteiger partial charge in [-0.3, -0.25) is 4.79 Å². The average molecular weight is 253 g/mol. The lowest BCUT2D eigenvalue weighted by molar-refractivity contribution is -0.123. The zero-order valence-corrected chi connectivity index (χ0v) is 11.1. The Bertz CT molecular complexity index is 411. The Kier molecular flexibility index (Phi) is 3.54. The number of aliphatic hydroxyl groups excluding tert-OH is 1. The molecule has 94 valence electrons. The van der Waals surface area contributed by atoms with Crippen LogP contribution in [0.2, 0.25) is 0 Å². The first-order chi connectivity index (χ1) is 8.03. The monoisotopic (exact) mass is 253 g/mol. The molecule has 1 unspecified atom stereocenters. The minimum absolute atomic E-state index is 0.00954. The SMILES string of the molecule is Cc1ccc(CC(=O)NC(C)(CO)C2CC2)s1. The number of rotatable bonds is 5. The molecule has 0 aromatic carbocycles. The molecule has 1 aromatic rings. The van der Waals surface area contributed by atoms with Crippen LogP contribution in [0.4, 0.5) is 0 Å². The van der Waals surface area contributed by atoms with Gasteiger partial charge < -0.3 is 10.4 Å². The molecule has 17 heavy (non-hydrogen) atoms. The van der Waals surface area contributed by atoms with Crippen LogP contribution in [0.15, 0.2) is 12.1 Å². The molecule has 1 aliphatic rings. The zero-order chi connectivity index (χ0) is 12.5. The van der Waals surface area contributed by atoms with E-state index in [1.54, 1.807) is 11.3 Å². The van der Waals surface area contributed by atoms with Crippen LogP contribution in [0.5, 0.6) is 0 Å². The Balaban J connectivity index is 1.92. The first-order valence-electron chi connectivity index (χ1n) is 6.01. The number of hydrogen-bond donors (Lipinski definition) is 2. The molecule has 0 saturated heterocycles. The first-order valence-corrected chi connectivity index (χ1v) is 6.82. The quantitative estimate of drug-likeness (QED) is 0.841. The van der Waals surface area contributed by atoms with Crippen LogP contribution in [0, 0.1) is 12.8 Å². The Morgan fingerprint density at radius 1 is 1.59 bits per heavy atom. The van der Waals surface area contributed by atoms with E-state index < -0.39 is 5.54 Å². The maximum atomic E-state index is 11.9. The third-order valence-corrected chi connectivity index (χ3v) is 4.36. The fourth-order valence-corrected chi connectivity index (χ4v) is 2.98. The smallest absolute Gasteiger partial charge is 0.225 e. The second-order valence-electron chi connectivity index (χ2n) is 5.09. The van der Waals surface area contributed by atoms with Gasteiger partial charge in [0.25, 0.3) is 0 Å². The summed E-state index contributed by atoms with van der Waals surface area (Å²) in [5.74, 6) is 0.455. The van der Waals surface area contributed by atoms with Gasteiger partial charge in [-0.1, -0.05) is 0 Å². The summed E-state index contributed by atoms with van der Waals surface area (Å²) in [4.78, 5) is 14.2. The van der Waals surface area contributed by atoms with E-state index in [1.807, 2.05) is 26.0 Å². The van der Waals surface area contributed by atoms with E-state index in [0.29, 0.717) is 12.3 Å². The molecule has 0 aliphatic heterocycles. The molecular weight excluding hydrogens is 234 g/mol. The van der Waals surface area contributed by atoms with Crippen molar-refractivity contribution >= 4 is 17.2 Å². The number of hydrogen-bond acceptors (Lipinski definition) is 3. The van der Waals surface area contributed by atoms with Crippen LogP contribution in [0.25, 0.3) is 0 Å². The molecule has 1 aliphatic carbocycles. The molecule has 1 aromatic heterocycles. The van der Waals surface area contributed by atoms with E-state index in [0.717, 1.165) is 17.7 Å². The van der Waals surface area contributed by atoms with Crippen molar-refractivity contribution in [2.45, 2.75) is 38.6 Å². The molecule has 1 heterocycles. The van der Waals surface area contributed by atoms with Gasteiger partial charge in [0, 0.05) is 9.75 Å². The van der Waals surface area contributed by atoms with E-state index >= 15 is 0 Å². The van der Waals surface area contributed by atoms with Gasteiger partial charge in [0.1, 0.15) is 0 Å². The minimum atomic E-state index is -0.427. The summed E-state index contributed by atoms with van der Waals surface area (Å²) in [6.07, 6.45) is 2.63. The number of carbonyl (C=O) groups is 1. The van der Waals surface area contributed by atoms with Crippen molar-refractivity contribution in [3.05, 3.63) is 21.9 Å². The number of amides is 1. The summed E-state index contributed by atoms with van der Waals surface area (Å²) in [6.45, 7) is 3.99. The summed E-state index contributed by atoms with van der Waals surface area (Å²) in [5, 5.41) is 12.4. The van der Waals surface area contributed by atoms with Crippen LogP contribution in [0.3, 0.4) is 0 Å². The van der Waals surface area contributed by atoms with E-state index in [2.05, 4.69) is 5.32 Å². The Hall–Kier alpha value is -0.870. The summed E-state index contributed by atoms with van der Waals surface area (Å²) in [5.41, 5.74) is -0.427. The fraction of sp³-hybridized carbons (Fsp3) is 0.615. The third-order valence-electron chi connectivity index (χ3n) is 3.36. The van der Waals surface area contributed by atoms with E-state index in [9.17, 15) is 9.90 Å². The van der Waals surface area contributed by atoms with Gasteiger partial charge in [0.15, 0.2) is 0 Å². The van der Waals surface area contributed by atoms with Crippen molar-refractivity contribution < 1.29 is 9.90 Å². The molecule has 1 saturated carbocycles. The third kappa shape index (κ3) is 3.07. The Morgan fingerprint density at radius 2 is 2.29 bits per heavy atom. The molecule has 1 fully saturated rings. The largest absolute Gasteiger partial charge is 0.394 e. The normalized spacial score (nSPS) is 18.8. The predicted octanol–water partition coefficient (Wildman–Crippen LogP) is 1.88. The molecule has 2 rings (SSSR count). The summed E-state index contributed by atoms with van der Waals surface area (Å²) in [7, 11) is 0. The van der Waals surface area contributed by atoms with E-state index in [-0.39, 0.29) is 12.5 Å². The van der Waals surface area contributed by atoms with Crippen molar-refractivity contribution in [3.8, 4) is 0 Å². The summed E-state index contributed by atoms with van der Waals surface area (Å²) < 4.78 is 0. The second-order valence-corrected chi connectivity index (χ2v) is 6.46. The van der Waals surface area contributed by atoms with Crippen LogP contribution >= 0.6 is 11.3 Å². The fourth-order valence-electron chi connectivity index (χ4n) is 2.09. The highest BCUT2D eigenvalue weighted by atomic mass is 32.1. The highest BCUT2D eigenvalue weighted by Gasteiger charge is 2.42. The van der Waals surface area contributed by atoms with Gasteiger partial charge in [-0.05, 0) is 44.7 Å². The topological polar surface area (TPSA) is 49.3 Å². The minimum Gasteiger partial charge on any atom is -0.394 e. The van der Waals surface area contributed by atoms with Gasteiger partial charge in [0.2, 0.25) is 5.91 Å². The van der Waals surface area contributed by atoms with Gasteiger partial charge in [0.05, 0.1) is 18.6 Å². The molecule has 3 nitrogen and oxygen atoms in total. The van der Waals surface area contributed by atoms with Crippen molar-refractivity contribution in [2.75, 3.05) is 6.61 Å². The molecule has 0 spiro atoms. The first kappa shape index (κ1) is 12.6. The maximum absolute atomic E-state index is 11.9. The number of carbonyl (C=O) groups excluding carboxylic acids is 1. The van der Waals surface area contributed by atoms with Crippen LogP contribution in [0.1, 0.15) is 29.5 Å².